The van der Waals surface area contributed by atoms with E-state index < -0.39 is 0 Å². The molecule has 0 spiro atoms. The molecule has 0 saturated carbocycles. The molecular weight excluding hydrogens is 343 g/mol. The molecule has 3 aromatic rings. The van der Waals surface area contributed by atoms with E-state index in [4.69, 9.17) is 4.42 Å². The Morgan fingerprint density at radius 3 is 2.70 bits per heavy atom. The Hall–Kier alpha value is -2.82. The second-order valence-corrected chi connectivity index (χ2v) is 7.26. The molecule has 140 valence electrons. The first-order chi connectivity index (χ1) is 13.0. The Balaban J connectivity index is 1.99. The molecule has 1 N–H and O–H groups in total. The number of halogens is 1. The van der Waals surface area contributed by atoms with Gasteiger partial charge in [-0.1, -0.05) is 6.92 Å². The molecule has 4 rings (SSSR count). The van der Waals surface area contributed by atoms with Crippen molar-refractivity contribution in [1.82, 2.24) is 5.32 Å². The summed E-state index contributed by atoms with van der Waals surface area (Å²) in [5, 5.41) is 3.51. The normalized spacial score (nSPS) is 16.9. The maximum atomic E-state index is 13.3. The van der Waals surface area contributed by atoms with Gasteiger partial charge in [0, 0.05) is 43.3 Å². The van der Waals surface area contributed by atoms with Gasteiger partial charge < -0.3 is 14.6 Å². The lowest BCUT2D eigenvalue weighted by Crippen LogP contribution is -2.19. The van der Waals surface area contributed by atoms with Crippen LogP contribution in [0, 0.1) is 5.82 Å². The SMILES string of the molecule is CNC(=O)c1c(-c2ccc(F)cc2)oc2cc3c(cc12)[C@@H](C)CCCN3C. The van der Waals surface area contributed by atoms with E-state index >= 15 is 0 Å². The number of carbonyl (C=O) groups excluding carboxylic acids is 1. The molecule has 0 saturated heterocycles. The zero-order valence-corrected chi connectivity index (χ0v) is 15.8. The quantitative estimate of drug-likeness (QED) is 0.699. The average Bonchev–Trinajstić information content (AvgIpc) is 2.98. The van der Waals surface area contributed by atoms with Gasteiger partial charge in [0.2, 0.25) is 0 Å². The zero-order chi connectivity index (χ0) is 19.1. The number of benzene rings is 2. The number of nitrogens with one attached hydrogen (secondary N) is 1. The molecule has 1 amide bonds. The Morgan fingerprint density at radius 1 is 1.26 bits per heavy atom. The number of hydrogen-bond acceptors (Lipinski definition) is 3. The van der Waals surface area contributed by atoms with Gasteiger partial charge in [-0.15, -0.1) is 0 Å². The van der Waals surface area contributed by atoms with Crippen molar-refractivity contribution in [2.24, 2.45) is 0 Å². The zero-order valence-electron chi connectivity index (χ0n) is 15.8. The minimum absolute atomic E-state index is 0.206. The molecule has 5 heteroatoms. The number of amides is 1. The van der Waals surface area contributed by atoms with E-state index in [1.165, 1.54) is 17.7 Å². The highest BCUT2D eigenvalue weighted by molar-refractivity contribution is 6.11. The van der Waals surface area contributed by atoms with Crippen LogP contribution in [-0.2, 0) is 0 Å². The maximum absolute atomic E-state index is 13.3. The predicted octanol–water partition coefficient (Wildman–Crippen LogP) is 4.93. The molecule has 0 unspecified atom stereocenters. The van der Waals surface area contributed by atoms with Crippen LogP contribution in [0.25, 0.3) is 22.3 Å². The Kier molecular flexibility index (Phi) is 4.38. The number of hydrogen-bond donors (Lipinski definition) is 1. The Labute approximate surface area is 158 Å². The molecule has 1 aromatic heterocycles. The van der Waals surface area contributed by atoms with Crippen LogP contribution in [0.4, 0.5) is 10.1 Å². The third-order valence-electron chi connectivity index (χ3n) is 5.47. The van der Waals surface area contributed by atoms with Crippen LogP contribution in [0.5, 0.6) is 0 Å². The Morgan fingerprint density at radius 2 is 2.00 bits per heavy atom. The van der Waals surface area contributed by atoms with Crippen molar-refractivity contribution in [2.75, 3.05) is 25.5 Å². The van der Waals surface area contributed by atoms with E-state index in [2.05, 4.69) is 30.3 Å². The maximum Gasteiger partial charge on any atom is 0.255 e. The molecule has 1 atom stereocenters. The number of rotatable bonds is 2. The van der Waals surface area contributed by atoms with E-state index in [1.807, 2.05) is 6.07 Å². The highest BCUT2D eigenvalue weighted by atomic mass is 19.1. The van der Waals surface area contributed by atoms with E-state index in [0.29, 0.717) is 28.4 Å². The van der Waals surface area contributed by atoms with Crippen molar-refractivity contribution in [3.8, 4) is 11.3 Å². The minimum atomic E-state index is -0.321. The highest BCUT2D eigenvalue weighted by Gasteiger charge is 2.26. The smallest absolute Gasteiger partial charge is 0.255 e. The second-order valence-electron chi connectivity index (χ2n) is 7.26. The van der Waals surface area contributed by atoms with E-state index in [1.54, 1.807) is 19.2 Å². The molecule has 2 heterocycles. The van der Waals surface area contributed by atoms with E-state index in [9.17, 15) is 9.18 Å². The fraction of sp³-hybridized carbons (Fsp3) is 0.318. The van der Waals surface area contributed by atoms with Gasteiger partial charge in [0.1, 0.15) is 17.2 Å². The number of fused-ring (bicyclic) bond motifs is 2. The summed E-state index contributed by atoms with van der Waals surface area (Å²) in [6, 6.07) is 10.2. The lowest BCUT2D eigenvalue weighted by atomic mass is 9.93. The van der Waals surface area contributed by atoms with Crippen molar-refractivity contribution >= 4 is 22.6 Å². The van der Waals surface area contributed by atoms with Gasteiger partial charge >= 0.3 is 0 Å². The molecule has 2 aromatic carbocycles. The summed E-state index contributed by atoms with van der Waals surface area (Å²) in [6.07, 6.45) is 2.25. The topological polar surface area (TPSA) is 45.5 Å². The molecule has 1 aliphatic rings. The number of carbonyl (C=O) groups is 1. The first kappa shape index (κ1) is 17.6. The van der Waals surface area contributed by atoms with Crippen molar-refractivity contribution in [3.05, 3.63) is 53.3 Å². The molecule has 0 fully saturated rings. The van der Waals surface area contributed by atoms with Gasteiger partial charge in [0.05, 0.1) is 5.56 Å². The summed E-state index contributed by atoms with van der Waals surface area (Å²) < 4.78 is 19.5. The monoisotopic (exact) mass is 366 g/mol. The van der Waals surface area contributed by atoms with Crippen LogP contribution in [0.15, 0.2) is 40.8 Å². The summed E-state index contributed by atoms with van der Waals surface area (Å²) in [6.45, 7) is 3.22. The predicted molar refractivity (Wildman–Crippen MR) is 106 cm³/mol. The molecule has 0 radical (unpaired) electrons. The lowest BCUT2D eigenvalue weighted by Gasteiger charge is -2.20. The van der Waals surface area contributed by atoms with Crippen LogP contribution >= 0.6 is 0 Å². The van der Waals surface area contributed by atoms with Crippen molar-refractivity contribution in [3.63, 3.8) is 0 Å². The fourth-order valence-corrected chi connectivity index (χ4v) is 3.94. The third kappa shape index (κ3) is 2.97. The molecule has 27 heavy (non-hydrogen) atoms. The highest BCUT2D eigenvalue weighted by Crippen LogP contribution is 2.41. The molecule has 0 aliphatic carbocycles. The first-order valence-electron chi connectivity index (χ1n) is 9.29. The van der Waals surface area contributed by atoms with Gasteiger partial charge in [0.15, 0.2) is 0 Å². The van der Waals surface area contributed by atoms with Gasteiger partial charge in [-0.05, 0) is 54.7 Å². The number of nitrogens with zero attached hydrogens (tertiary/aromatic N) is 1. The Bertz CT molecular complexity index is 1010. The minimum Gasteiger partial charge on any atom is -0.455 e. The molecule has 4 nitrogen and oxygen atoms in total. The molecule has 0 bridgehead atoms. The van der Waals surface area contributed by atoms with Gasteiger partial charge in [0.25, 0.3) is 5.91 Å². The molecular formula is C22H23FN2O2. The van der Waals surface area contributed by atoms with Crippen LogP contribution in [-0.4, -0.2) is 26.5 Å². The van der Waals surface area contributed by atoms with Gasteiger partial charge in [-0.2, -0.15) is 0 Å². The van der Waals surface area contributed by atoms with Crippen LogP contribution < -0.4 is 10.2 Å². The standard InChI is InChI=1S/C22H23FN2O2/c1-13-5-4-10-25(3)18-12-19-17(11-16(13)18)20(22(26)24-2)21(27-19)14-6-8-15(23)9-7-14/h6-9,11-13H,4-5,10H2,1-3H3,(H,24,26)/t13-/m0/s1. The van der Waals surface area contributed by atoms with E-state index in [0.717, 1.165) is 30.5 Å². The summed E-state index contributed by atoms with van der Waals surface area (Å²) in [7, 11) is 3.70. The summed E-state index contributed by atoms with van der Waals surface area (Å²) >= 11 is 0. The number of furan rings is 1. The fourth-order valence-electron chi connectivity index (χ4n) is 3.94. The summed E-state index contributed by atoms with van der Waals surface area (Å²) in [5.74, 6) is 0.358. The third-order valence-corrected chi connectivity index (χ3v) is 5.47. The largest absolute Gasteiger partial charge is 0.455 e. The van der Waals surface area contributed by atoms with Gasteiger partial charge in [-0.3, -0.25) is 4.79 Å². The van der Waals surface area contributed by atoms with Crippen LogP contribution in [0.2, 0.25) is 0 Å². The average molecular weight is 366 g/mol. The second kappa shape index (κ2) is 6.72. The van der Waals surface area contributed by atoms with E-state index in [-0.39, 0.29) is 11.7 Å². The van der Waals surface area contributed by atoms with Crippen LogP contribution in [0.1, 0.15) is 41.6 Å². The van der Waals surface area contributed by atoms with Crippen molar-refractivity contribution < 1.29 is 13.6 Å². The van der Waals surface area contributed by atoms with Gasteiger partial charge in [-0.25, -0.2) is 4.39 Å². The lowest BCUT2D eigenvalue weighted by molar-refractivity contribution is 0.0964. The summed E-state index contributed by atoms with van der Waals surface area (Å²) in [5.41, 5.74) is 4.24. The van der Waals surface area contributed by atoms with Crippen molar-refractivity contribution in [1.29, 1.82) is 0 Å². The molecule has 1 aliphatic heterocycles. The van der Waals surface area contributed by atoms with Crippen LogP contribution in [0.3, 0.4) is 0 Å². The number of anilines is 1. The summed E-state index contributed by atoms with van der Waals surface area (Å²) in [4.78, 5) is 14.9. The van der Waals surface area contributed by atoms with Crippen molar-refractivity contribution in [2.45, 2.75) is 25.7 Å². The first-order valence-corrected chi connectivity index (χ1v) is 9.29.